The van der Waals surface area contributed by atoms with E-state index in [2.05, 4.69) is 5.32 Å². The molecule has 0 amide bonds. The van der Waals surface area contributed by atoms with Crippen molar-refractivity contribution in [3.05, 3.63) is 23.7 Å². The number of furan rings is 1. The molecule has 2 rings (SSSR count). The first-order valence-electron chi connectivity index (χ1n) is 5.56. The van der Waals surface area contributed by atoms with Crippen molar-refractivity contribution in [2.24, 2.45) is 5.41 Å². The van der Waals surface area contributed by atoms with E-state index >= 15 is 0 Å². The minimum absolute atomic E-state index is 0.000949. The summed E-state index contributed by atoms with van der Waals surface area (Å²) in [4.78, 5) is 0. The highest BCUT2D eigenvalue weighted by atomic mass is 16.3. The van der Waals surface area contributed by atoms with E-state index in [0.717, 1.165) is 24.4 Å². The summed E-state index contributed by atoms with van der Waals surface area (Å²) in [7, 11) is 1.93. The van der Waals surface area contributed by atoms with Gasteiger partial charge < -0.3 is 14.8 Å². The van der Waals surface area contributed by atoms with Gasteiger partial charge >= 0.3 is 0 Å². The summed E-state index contributed by atoms with van der Waals surface area (Å²) in [6, 6.07) is 4.13. The van der Waals surface area contributed by atoms with Crippen LogP contribution in [0.1, 0.15) is 36.8 Å². The van der Waals surface area contributed by atoms with Gasteiger partial charge in [-0.2, -0.15) is 0 Å². The Labute approximate surface area is 90.5 Å². The first-order valence-corrected chi connectivity index (χ1v) is 5.56. The Morgan fingerprint density at radius 2 is 2.27 bits per heavy atom. The molecule has 1 unspecified atom stereocenters. The Morgan fingerprint density at radius 3 is 2.60 bits per heavy atom. The molecule has 0 bridgehead atoms. The molecule has 15 heavy (non-hydrogen) atoms. The molecular weight excluding hydrogens is 190 g/mol. The van der Waals surface area contributed by atoms with Crippen molar-refractivity contribution >= 4 is 0 Å². The van der Waals surface area contributed by atoms with Crippen LogP contribution in [0.15, 0.2) is 16.5 Å². The van der Waals surface area contributed by atoms with Crippen LogP contribution in [-0.2, 0) is 0 Å². The zero-order chi connectivity index (χ0) is 10.9. The number of aryl methyl sites for hydroxylation is 1. The van der Waals surface area contributed by atoms with Crippen molar-refractivity contribution in [3.63, 3.8) is 0 Å². The highest BCUT2D eigenvalue weighted by molar-refractivity contribution is 5.15. The Hall–Kier alpha value is -0.800. The third-order valence-electron chi connectivity index (χ3n) is 3.61. The van der Waals surface area contributed by atoms with Crippen LogP contribution in [0.5, 0.6) is 0 Å². The van der Waals surface area contributed by atoms with Gasteiger partial charge in [0.25, 0.3) is 0 Å². The van der Waals surface area contributed by atoms with E-state index in [0.29, 0.717) is 0 Å². The van der Waals surface area contributed by atoms with Crippen molar-refractivity contribution in [1.29, 1.82) is 0 Å². The van der Waals surface area contributed by atoms with E-state index in [1.165, 1.54) is 6.42 Å². The molecule has 1 aromatic rings. The summed E-state index contributed by atoms with van der Waals surface area (Å²) in [5, 5.41) is 12.8. The molecule has 0 aliphatic heterocycles. The highest BCUT2D eigenvalue weighted by Gasteiger charge is 2.44. The van der Waals surface area contributed by atoms with Crippen LogP contribution >= 0.6 is 0 Å². The van der Waals surface area contributed by atoms with Gasteiger partial charge in [-0.05, 0) is 38.9 Å². The van der Waals surface area contributed by atoms with E-state index in [1.807, 2.05) is 26.1 Å². The minimum atomic E-state index is -0.000949. The summed E-state index contributed by atoms with van der Waals surface area (Å²) in [6.07, 6.45) is 3.36. The second-order valence-corrected chi connectivity index (χ2v) is 4.54. The molecule has 84 valence electrons. The van der Waals surface area contributed by atoms with Crippen LogP contribution in [0.25, 0.3) is 0 Å². The van der Waals surface area contributed by atoms with Gasteiger partial charge in [0.05, 0.1) is 12.6 Å². The predicted molar refractivity (Wildman–Crippen MR) is 58.6 cm³/mol. The standard InChI is InChI=1S/C12H19NO2/c1-9-4-5-10(15-9)11(13-2)12(8-14)6-3-7-12/h4-5,11,13-14H,3,6-8H2,1-2H3. The third-order valence-corrected chi connectivity index (χ3v) is 3.61. The fourth-order valence-corrected chi connectivity index (χ4v) is 2.53. The molecular formula is C12H19NO2. The van der Waals surface area contributed by atoms with Crippen molar-refractivity contribution in [1.82, 2.24) is 5.32 Å². The fourth-order valence-electron chi connectivity index (χ4n) is 2.53. The molecule has 3 heteroatoms. The number of aliphatic hydroxyl groups is 1. The fraction of sp³-hybridized carbons (Fsp3) is 0.667. The summed E-state index contributed by atoms with van der Waals surface area (Å²) >= 11 is 0. The monoisotopic (exact) mass is 209 g/mol. The summed E-state index contributed by atoms with van der Waals surface area (Å²) in [5.41, 5.74) is -0.000949. The lowest BCUT2D eigenvalue weighted by molar-refractivity contribution is 0.000711. The Kier molecular flexibility index (Phi) is 2.85. The van der Waals surface area contributed by atoms with Gasteiger partial charge in [-0.1, -0.05) is 6.42 Å². The van der Waals surface area contributed by atoms with Crippen molar-refractivity contribution in [2.75, 3.05) is 13.7 Å². The van der Waals surface area contributed by atoms with E-state index in [4.69, 9.17) is 4.42 Å². The number of hydrogen-bond acceptors (Lipinski definition) is 3. The molecule has 1 heterocycles. The van der Waals surface area contributed by atoms with E-state index in [-0.39, 0.29) is 18.1 Å². The lowest BCUT2D eigenvalue weighted by atomic mass is 9.64. The zero-order valence-electron chi connectivity index (χ0n) is 9.42. The van der Waals surface area contributed by atoms with Crippen LogP contribution in [0.3, 0.4) is 0 Å². The molecule has 0 spiro atoms. The smallest absolute Gasteiger partial charge is 0.121 e. The summed E-state index contributed by atoms with van der Waals surface area (Å²) in [6.45, 7) is 2.18. The molecule has 0 saturated heterocycles. The predicted octanol–water partition coefficient (Wildman–Crippen LogP) is 2.01. The van der Waals surface area contributed by atoms with Gasteiger partial charge in [-0.25, -0.2) is 0 Å². The van der Waals surface area contributed by atoms with Gasteiger partial charge in [0, 0.05) is 5.41 Å². The lowest BCUT2D eigenvalue weighted by Crippen LogP contribution is -2.44. The maximum absolute atomic E-state index is 9.52. The first kappa shape index (κ1) is 10.7. The second-order valence-electron chi connectivity index (χ2n) is 4.54. The lowest BCUT2D eigenvalue weighted by Gasteiger charge is -2.45. The van der Waals surface area contributed by atoms with Gasteiger partial charge in [0.1, 0.15) is 11.5 Å². The van der Waals surface area contributed by atoms with Crippen LogP contribution in [0.2, 0.25) is 0 Å². The number of rotatable bonds is 4. The maximum atomic E-state index is 9.52. The Morgan fingerprint density at radius 1 is 1.53 bits per heavy atom. The van der Waals surface area contributed by atoms with Crippen molar-refractivity contribution in [2.45, 2.75) is 32.2 Å². The maximum Gasteiger partial charge on any atom is 0.121 e. The minimum Gasteiger partial charge on any atom is -0.465 e. The van der Waals surface area contributed by atoms with Crippen LogP contribution < -0.4 is 5.32 Å². The normalized spacial score (nSPS) is 21.0. The van der Waals surface area contributed by atoms with E-state index < -0.39 is 0 Å². The third kappa shape index (κ3) is 1.70. The van der Waals surface area contributed by atoms with Crippen LogP contribution in [-0.4, -0.2) is 18.8 Å². The van der Waals surface area contributed by atoms with Crippen molar-refractivity contribution < 1.29 is 9.52 Å². The average molecular weight is 209 g/mol. The molecule has 1 fully saturated rings. The Balaban J connectivity index is 2.23. The quantitative estimate of drug-likeness (QED) is 0.797. The van der Waals surface area contributed by atoms with E-state index in [9.17, 15) is 5.11 Å². The van der Waals surface area contributed by atoms with Crippen LogP contribution in [0.4, 0.5) is 0 Å². The summed E-state index contributed by atoms with van der Waals surface area (Å²) < 4.78 is 5.65. The molecule has 1 saturated carbocycles. The summed E-state index contributed by atoms with van der Waals surface area (Å²) in [5.74, 6) is 1.88. The molecule has 3 nitrogen and oxygen atoms in total. The molecule has 0 radical (unpaired) electrons. The SMILES string of the molecule is CNC(c1ccc(C)o1)C1(CO)CCC1. The van der Waals surface area contributed by atoms with E-state index in [1.54, 1.807) is 0 Å². The number of hydrogen-bond donors (Lipinski definition) is 2. The zero-order valence-corrected chi connectivity index (χ0v) is 9.42. The topological polar surface area (TPSA) is 45.4 Å². The molecule has 1 aliphatic rings. The Bertz CT molecular complexity index is 323. The molecule has 1 atom stereocenters. The molecule has 1 aromatic heterocycles. The van der Waals surface area contributed by atoms with Crippen molar-refractivity contribution in [3.8, 4) is 0 Å². The second kappa shape index (κ2) is 3.99. The molecule has 0 aromatic carbocycles. The van der Waals surface area contributed by atoms with Crippen LogP contribution in [0, 0.1) is 12.3 Å². The molecule has 2 N–H and O–H groups in total. The van der Waals surface area contributed by atoms with Gasteiger partial charge in [0.15, 0.2) is 0 Å². The number of aliphatic hydroxyl groups excluding tert-OH is 1. The van der Waals surface area contributed by atoms with Gasteiger partial charge in [0.2, 0.25) is 0 Å². The highest BCUT2D eigenvalue weighted by Crippen LogP contribution is 2.49. The molecule has 1 aliphatic carbocycles. The van der Waals surface area contributed by atoms with Gasteiger partial charge in [-0.15, -0.1) is 0 Å². The van der Waals surface area contributed by atoms with Gasteiger partial charge in [-0.3, -0.25) is 0 Å². The first-order chi connectivity index (χ1) is 7.22. The largest absolute Gasteiger partial charge is 0.465 e. The average Bonchev–Trinajstić information content (AvgIpc) is 2.58. The number of nitrogens with one attached hydrogen (secondary N) is 1.